The summed E-state index contributed by atoms with van der Waals surface area (Å²) >= 11 is 1.03. The van der Waals surface area contributed by atoms with E-state index in [2.05, 4.69) is 15.0 Å². The van der Waals surface area contributed by atoms with Gasteiger partial charge in [0.2, 0.25) is 16.2 Å². The largest absolute Gasteiger partial charge is 0.381 e. The van der Waals surface area contributed by atoms with Crippen molar-refractivity contribution < 1.29 is 22.7 Å². The third-order valence-corrected chi connectivity index (χ3v) is 7.48. The molecule has 2 saturated heterocycles. The van der Waals surface area contributed by atoms with E-state index in [9.17, 15) is 18.0 Å². The summed E-state index contributed by atoms with van der Waals surface area (Å²) in [6, 6.07) is 0. The topological polar surface area (TPSA) is 114 Å². The van der Waals surface area contributed by atoms with Crippen molar-refractivity contribution >= 4 is 33.2 Å². The summed E-state index contributed by atoms with van der Waals surface area (Å²) in [6.45, 7) is 4.35. The number of nitrogens with zero attached hydrogens (tertiary/aromatic N) is 1. The van der Waals surface area contributed by atoms with Crippen LogP contribution in [0.1, 0.15) is 23.4 Å². The molecule has 8 nitrogen and oxygen atoms in total. The Kier molecular flexibility index (Phi) is 4.39. The highest BCUT2D eigenvalue weighted by Crippen LogP contribution is 2.42. The molecule has 1 aromatic rings. The highest BCUT2D eigenvalue weighted by molar-refractivity contribution is 7.92. The quantitative estimate of drug-likeness (QED) is 0.777. The molecule has 2 atom stereocenters. The van der Waals surface area contributed by atoms with E-state index < -0.39 is 27.3 Å². The number of amides is 2. The highest BCUT2D eigenvalue weighted by Gasteiger charge is 2.50. The van der Waals surface area contributed by atoms with Crippen molar-refractivity contribution in [1.82, 2.24) is 15.0 Å². The van der Waals surface area contributed by atoms with Crippen LogP contribution in [-0.4, -0.2) is 45.0 Å². The molecular formula is C14H19N3O5S2. The summed E-state index contributed by atoms with van der Waals surface area (Å²) in [7, 11) is -4.02. The zero-order valence-corrected chi connectivity index (χ0v) is 15.1. The molecule has 2 N–H and O–H groups in total. The molecule has 2 fully saturated rings. The summed E-state index contributed by atoms with van der Waals surface area (Å²) in [6.07, 6.45) is 0.731. The van der Waals surface area contributed by atoms with Crippen LogP contribution in [0.3, 0.4) is 0 Å². The van der Waals surface area contributed by atoms with Crippen LogP contribution in [0.2, 0.25) is 0 Å². The van der Waals surface area contributed by atoms with Gasteiger partial charge in [0, 0.05) is 29.9 Å². The lowest BCUT2D eigenvalue weighted by atomic mass is 9.69. The third-order valence-electron chi connectivity index (χ3n) is 4.68. The number of sulfonamides is 1. The molecule has 3 rings (SSSR count). The zero-order chi connectivity index (χ0) is 17.5. The molecule has 2 unspecified atom stereocenters. The lowest BCUT2D eigenvalue weighted by Gasteiger charge is -2.38. The van der Waals surface area contributed by atoms with Gasteiger partial charge in [0.25, 0.3) is 10.0 Å². The van der Waals surface area contributed by atoms with Crippen molar-refractivity contribution in [3.63, 3.8) is 0 Å². The van der Waals surface area contributed by atoms with Crippen LogP contribution >= 0.6 is 11.3 Å². The third kappa shape index (κ3) is 3.05. The van der Waals surface area contributed by atoms with E-state index in [1.165, 1.54) is 0 Å². The zero-order valence-electron chi connectivity index (χ0n) is 13.4. The molecule has 10 heteroatoms. The number of rotatable bonds is 3. The van der Waals surface area contributed by atoms with Gasteiger partial charge in [-0.05, 0) is 20.3 Å². The first-order chi connectivity index (χ1) is 11.2. The van der Waals surface area contributed by atoms with Gasteiger partial charge in [-0.3, -0.25) is 9.59 Å². The number of carbonyl (C=O) groups is 2. The maximum absolute atomic E-state index is 12.6. The van der Waals surface area contributed by atoms with Gasteiger partial charge < -0.3 is 10.1 Å². The van der Waals surface area contributed by atoms with Crippen molar-refractivity contribution in [2.45, 2.75) is 31.0 Å². The number of aromatic nitrogens is 1. The minimum atomic E-state index is -4.02. The molecule has 1 aromatic heterocycles. The van der Waals surface area contributed by atoms with E-state index in [-0.39, 0.29) is 29.8 Å². The number of thiazole rings is 1. The first kappa shape index (κ1) is 17.3. The summed E-state index contributed by atoms with van der Waals surface area (Å²) in [4.78, 5) is 29.1. The Labute approximate surface area is 144 Å². The standard InChI is InChI=1S/C14H19N3O5S2/c1-8-9(2)23-13(16-8)24(20,21)17-12(19)10-6-15-11(18)5-14(10)3-4-22-7-14/h10H,3-7H2,1-2H3,(H,15,18)(H,17,19). The molecule has 0 saturated carbocycles. The van der Waals surface area contributed by atoms with E-state index in [0.29, 0.717) is 18.7 Å². The van der Waals surface area contributed by atoms with Crippen molar-refractivity contribution in [3.8, 4) is 0 Å². The summed E-state index contributed by atoms with van der Waals surface area (Å²) in [5.74, 6) is -1.40. The van der Waals surface area contributed by atoms with Crippen molar-refractivity contribution in [2.75, 3.05) is 19.8 Å². The second kappa shape index (κ2) is 6.08. The van der Waals surface area contributed by atoms with E-state index in [4.69, 9.17) is 4.74 Å². The van der Waals surface area contributed by atoms with Crippen LogP contribution in [0.5, 0.6) is 0 Å². The molecule has 0 aromatic carbocycles. The molecule has 2 aliphatic heterocycles. The molecule has 3 heterocycles. The Morgan fingerprint density at radius 3 is 2.79 bits per heavy atom. The van der Waals surface area contributed by atoms with Crippen molar-refractivity contribution in [2.24, 2.45) is 11.3 Å². The molecule has 0 aliphatic carbocycles. The van der Waals surface area contributed by atoms with Gasteiger partial charge in [-0.25, -0.2) is 9.71 Å². The first-order valence-electron chi connectivity index (χ1n) is 7.59. The minimum absolute atomic E-state index is 0.111. The summed E-state index contributed by atoms with van der Waals surface area (Å²) in [5.41, 5.74) is -0.00479. The number of ether oxygens (including phenoxy) is 1. The Morgan fingerprint density at radius 2 is 2.21 bits per heavy atom. The summed E-state index contributed by atoms with van der Waals surface area (Å²) < 4.78 is 32.2. The minimum Gasteiger partial charge on any atom is -0.381 e. The van der Waals surface area contributed by atoms with Crippen molar-refractivity contribution in [1.29, 1.82) is 0 Å². The van der Waals surface area contributed by atoms with E-state index >= 15 is 0 Å². The number of piperidine rings is 1. The second-order valence-electron chi connectivity index (χ2n) is 6.29. The van der Waals surface area contributed by atoms with Crippen LogP contribution in [0.25, 0.3) is 0 Å². The van der Waals surface area contributed by atoms with Gasteiger partial charge in [0.1, 0.15) is 0 Å². The Balaban J connectivity index is 1.82. The SMILES string of the molecule is Cc1nc(S(=O)(=O)NC(=O)C2CNC(=O)CC23CCOC3)sc1C. The Morgan fingerprint density at radius 1 is 1.46 bits per heavy atom. The van der Waals surface area contributed by atoms with Gasteiger partial charge in [0.05, 0.1) is 18.2 Å². The number of hydrogen-bond acceptors (Lipinski definition) is 7. The van der Waals surface area contributed by atoms with Crippen molar-refractivity contribution in [3.05, 3.63) is 10.6 Å². The molecule has 0 radical (unpaired) electrons. The predicted molar refractivity (Wildman–Crippen MR) is 85.9 cm³/mol. The average Bonchev–Trinajstić information content (AvgIpc) is 3.07. The maximum atomic E-state index is 12.6. The van der Waals surface area contributed by atoms with Crippen LogP contribution in [-0.2, 0) is 24.3 Å². The monoisotopic (exact) mass is 373 g/mol. The van der Waals surface area contributed by atoms with Gasteiger partial charge in [-0.1, -0.05) is 0 Å². The predicted octanol–water partition coefficient (Wildman–Crippen LogP) is 0.108. The molecule has 132 valence electrons. The average molecular weight is 373 g/mol. The van der Waals surface area contributed by atoms with Gasteiger partial charge in [0.15, 0.2) is 0 Å². The molecular weight excluding hydrogens is 354 g/mol. The number of hydrogen-bond donors (Lipinski definition) is 2. The second-order valence-corrected chi connectivity index (χ2v) is 9.35. The number of aryl methyl sites for hydroxylation is 2. The van der Waals surface area contributed by atoms with Crippen LogP contribution in [0, 0.1) is 25.2 Å². The lowest BCUT2D eigenvalue weighted by Crippen LogP contribution is -2.55. The first-order valence-corrected chi connectivity index (χ1v) is 9.89. The summed E-state index contributed by atoms with van der Waals surface area (Å²) in [5, 5.41) is 2.64. The molecule has 24 heavy (non-hydrogen) atoms. The van der Waals surface area contributed by atoms with Crippen LogP contribution in [0.4, 0.5) is 0 Å². The van der Waals surface area contributed by atoms with E-state index in [0.717, 1.165) is 16.2 Å². The number of carbonyl (C=O) groups excluding carboxylic acids is 2. The normalized spacial score (nSPS) is 27.2. The maximum Gasteiger partial charge on any atom is 0.291 e. The molecule has 0 bridgehead atoms. The fourth-order valence-electron chi connectivity index (χ4n) is 3.15. The van der Waals surface area contributed by atoms with E-state index in [1.54, 1.807) is 13.8 Å². The molecule has 1 spiro atoms. The Bertz CT molecular complexity index is 761. The fourth-order valence-corrected chi connectivity index (χ4v) is 5.48. The molecule has 2 amide bonds. The van der Waals surface area contributed by atoms with Gasteiger partial charge in [-0.15, -0.1) is 11.3 Å². The Hall–Kier alpha value is -1.52. The fraction of sp³-hybridized carbons (Fsp3) is 0.643. The molecule has 2 aliphatic rings. The lowest BCUT2D eigenvalue weighted by molar-refractivity contribution is -0.135. The van der Waals surface area contributed by atoms with Gasteiger partial charge >= 0.3 is 0 Å². The van der Waals surface area contributed by atoms with Gasteiger partial charge in [-0.2, -0.15) is 8.42 Å². The van der Waals surface area contributed by atoms with Crippen LogP contribution < -0.4 is 10.0 Å². The highest BCUT2D eigenvalue weighted by atomic mass is 32.2. The smallest absolute Gasteiger partial charge is 0.291 e. The number of nitrogens with one attached hydrogen (secondary N) is 2. The van der Waals surface area contributed by atoms with E-state index in [1.807, 2.05) is 0 Å². The van der Waals surface area contributed by atoms with Crippen LogP contribution in [0.15, 0.2) is 4.34 Å².